The number of methoxy groups -OCH3 is 1. The van der Waals surface area contributed by atoms with E-state index in [4.69, 9.17) is 9.47 Å². The first-order chi connectivity index (χ1) is 9.06. The molecule has 0 spiro atoms. The third-order valence-corrected chi connectivity index (χ3v) is 3.08. The van der Waals surface area contributed by atoms with Crippen molar-refractivity contribution in [2.75, 3.05) is 13.7 Å². The van der Waals surface area contributed by atoms with Gasteiger partial charge in [-0.15, -0.1) is 0 Å². The number of nitrogens with one attached hydrogen (secondary N) is 1. The minimum atomic E-state index is 0.163. The Morgan fingerprint density at radius 2 is 1.95 bits per heavy atom. The summed E-state index contributed by atoms with van der Waals surface area (Å²) in [7, 11) is 1.68. The van der Waals surface area contributed by atoms with Crippen molar-refractivity contribution in [3.8, 4) is 11.5 Å². The molecule has 0 aliphatic rings. The molecule has 1 N–H and O–H groups in total. The summed E-state index contributed by atoms with van der Waals surface area (Å²) >= 11 is 0. The van der Waals surface area contributed by atoms with E-state index in [-0.39, 0.29) is 6.10 Å². The number of ether oxygens (including phenoxy) is 2. The second-order valence-corrected chi connectivity index (χ2v) is 5.17. The van der Waals surface area contributed by atoms with Crippen molar-refractivity contribution in [1.29, 1.82) is 0 Å². The maximum absolute atomic E-state index is 5.98. The van der Waals surface area contributed by atoms with Gasteiger partial charge in [-0.3, -0.25) is 0 Å². The normalized spacial score (nSPS) is 13.9. The molecule has 0 fully saturated rings. The minimum absolute atomic E-state index is 0.163. The summed E-state index contributed by atoms with van der Waals surface area (Å²) < 4.78 is 11.3. The summed E-state index contributed by atoms with van der Waals surface area (Å²) in [6.07, 6.45) is 2.30. The maximum atomic E-state index is 5.98. The first-order valence-electron chi connectivity index (χ1n) is 7.11. The van der Waals surface area contributed by atoms with Crippen molar-refractivity contribution in [3.63, 3.8) is 0 Å². The fourth-order valence-corrected chi connectivity index (χ4v) is 2.11. The zero-order valence-electron chi connectivity index (χ0n) is 12.8. The molecule has 2 unspecified atom stereocenters. The quantitative estimate of drug-likeness (QED) is 0.779. The average molecular weight is 265 g/mol. The minimum Gasteiger partial charge on any atom is -0.493 e. The smallest absolute Gasteiger partial charge is 0.161 e. The van der Waals surface area contributed by atoms with E-state index in [1.54, 1.807) is 7.11 Å². The molecule has 3 nitrogen and oxygen atoms in total. The molecule has 19 heavy (non-hydrogen) atoms. The Kier molecular flexibility index (Phi) is 6.71. The molecular weight excluding hydrogens is 238 g/mol. The largest absolute Gasteiger partial charge is 0.493 e. The lowest BCUT2D eigenvalue weighted by atomic mass is 10.1. The maximum Gasteiger partial charge on any atom is 0.161 e. The van der Waals surface area contributed by atoms with Crippen LogP contribution >= 0.6 is 0 Å². The number of benzene rings is 1. The first-order valence-corrected chi connectivity index (χ1v) is 7.11. The van der Waals surface area contributed by atoms with Gasteiger partial charge < -0.3 is 14.8 Å². The highest BCUT2D eigenvalue weighted by Gasteiger charge is 2.12. The van der Waals surface area contributed by atoms with Gasteiger partial charge in [0.05, 0.1) is 13.2 Å². The highest BCUT2D eigenvalue weighted by Crippen LogP contribution is 2.29. The Balaban J connectivity index is 2.54. The number of aryl methyl sites for hydroxylation is 1. The summed E-state index contributed by atoms with van der Waals surface area (Å²) in [5.41, 5.74) is 1.18. The molecule has 0 saturated heterocycles. The standard InChI is InChI=1S/C16H27NO2/c1-6-9-17-13(3)11-14(4)19-15-8-7-12(2)10-16(15)18-5/h7-8,10,13-14,17H,6,9,11H2,1-5H3. The van der Waals surface area contributed by atoms with Crippen molar-refractivity contribution in [3.05, 3.63) is 23.8 Å². The molecular formula is C16H27NO2. The fourth-order valence-electron chi connectivity index (χ4n) is 2.11. The van der Waals surface area contributed by atoms with Gasteiger partial charge in [-0.25, -0.2) is 0 Å². The molecule has 1 aromatic carbocycles. The zero-order chi connectivity index (χ0) is 14.3. The molecule has 1 aromatic rings. The molecule has 0 aliphatic carbocycles. The van der Waals surface area contributed by atoms with E-state index in [2.05, 4.69) is 26.1 Å². The van der Waals surface area contributed by atoms with E-state index < -0.39 is 0 Å². The van der Waals surface area contributed by atoms with Gasteiger partial charge >= 0.3 is 0 Å². The topological polar surface area (TPSA) is 30.5 Å². The molecule has 0 heterocycles. The molecule has 0 aliphatic heterocycles. The molecule has 0 radical (unpaired) electrons. The number of rotatable bonds is 8. The summed E-state index contributed by atoms with van der Waals surface area (Å²) in [6.45, 7) is 9.58. The Morgan fingerprint density at radius 1 is 1.21 bits per heavy atom. The van der Waals surface area contributed by atoms with Crippen LogP contribution in [0, 0.1) is 6.92 Å². The molecule has 0 aromatic heterocycles. The highest BCUT2D eigenvalue weighted by atomic mass is 16.5. The third kappa shape index (κ3) is 5.52. The lowest BCUT2D eigenvalue weighted by molar-refractivity contribution is 0.188. The summed E-state index contributed by atoms with van der Waals surface area (Å²) in [5, 5.41) is 3.48. The van der Waals surface area contributed by atoms with Crippen LogP contribution in [0.15, 0.2) is 18.2 Å². The van der Waals surface area contributed by atoms with Gasteiger partial charge in [0.25, 0.3) is 0 Å². The van der Waals surface area contributed by atoms with Crippen LogP contribution in [-0.4, -0.2) is 25.8 Å². The van der Waals surface area contributed by atoms with Gasteiger partial charge in [-0.05, 0) is 57.9 Å². The fraction of sp³-hybridized carbons (Fsp3) is 0.625. The predicted molar refractivity (Wildman–Crippen MR) is 80.2 cm³/mol. The van der Waals surface area contributed by atoms with Crippen molar-refractivity contribution < 1.29 is 9.47 Å². The van der Waals surface area contributed by atoms with E-state index in [0.717, 1.165) is 30.9 Å². The predicted octanol–water partition coefficient (Wildman–Crippen LogP) is 3.55. The van der Waals surface area contributed by atoms with Crippen LogP contribution in [0.2, 0.25) is 0 Å². The van der Waals surface area contributed by atoms with Crippen LogP contribution in [-0.2, 0) is 0 Å². The molecule has 2 atom stereocenters. The Bertz CT molecular complexity index is 379. The van der Waals surface area contributed by atoms with E-state index in [1.165, 1.54) is 5.56 Å². The monoisotopic (exact) mass is 265 g/mol. The van der Waals surface area contributed by atoms with Crippen LogP contribution in [0.5, 0.6) is 11.5 Å². The number of hydrogen-bond donors (Lipinski definition) is 1. The summed E-state index contributed by atoms with van der Waals surface area (Å²) in [5.74, 6) is 1.63. The van der Waals surface area contributed by atoms with Gasteiger partial charge in [0, 0.05) is 6.04 Å². The van der Waals surface area contributed by atoms with Gasteiger partial charge in [0.15, 0.2) is 11.5 Å². The van der Waals surface area contributed by atoms with Gasteiger partial charge in [-0.1, -0.05) is 13.0 Å². The Morgan fingerprint density at radius 3 is 2.58 bits per heavy atom. The van der Waals surface area contributed by atoms with Gasteiger partial charge in [0.1, 0.15) is 0 Å². The lowest BCUT2D eigenvalue weighted by Crippen LogP contribution is -2.31. The van der Waals surface area contributed by atoms with Crippen LogP contribution in [0.3, 0.4) is 0 Å². The first kappa shape index (κ1) is 15.8. The van der Waals surface area contributed by atoms with Crippen molar-refractivity contribution in [1.82, 2.24) is 5.32 Å². The van der Waals surface area contributed by atoms with Crippen molar-refractivity contribution in [2.45, 2.75) is 52.7 Å². The third-order valence-electron chi connectivity index (χ3n) is 3.08. The average Bonchev–Trinajstić information content (AvgIpc) is 2.38. The second-order valence-electron chi connectivity index (χ2n) is 5.17. The van der Waals surface area contributed by atoms with Crippen LogP contribution in [0.25, 0.3) is 0 Å². The molecule has 108 valence electrons. The van der Waals surface area contributed by atoms with E-state index in [1.807, 2.05) is 25.1 Å². The lowest BCUT2D eigenvalue weighted by Gasteiger charge is -2.21. The molecule has 1 rings (SSSR count). The number of hydrogen-bond acceptors (Lipinski definition) is 3. The van der Waals surface area contributed by atoms with Gasteiger partial charge in [0.2, 0.25) is 0 Å². The Hall–Kier alpha value is -1.22. The SMILES string of the molecule is CCCNC(C)CC(C)Oc1ccc(C)cc1OC. The molecule has 0 saturated carbocycles. The van der Waals surface area contributed by atoms with Crippen LogP contribution in [0.4, 0.5) is 0 Å². The Labute approximate surface area is 117 Å². The van der Waals surface area contributed by atoms with Crippen molar-refractivity contribution >= 4 is 0 Å². The van der Waals surface area contributed by atoms with Crippen molar-refractivity contribution in [2.24, 2.45) is 0 Å². The van der Waals surface area contributed by atoms with Crippen LogP contribution in [0.1, 0.15) is 39.2 Å². The highest BCUT2D eigenvalue weighted by molar-refractivity contribution is 5.42. The molecule has 0 bridgehead atoms. The molecule has 0 amide bonds. The van der Waals surface area contributed by atoms with E-state index >= 15 is 0 Å². The zero-order valence-corrected chi connectivity index (χ0v) is 12.8. The van der Waals surface area contributed by atoms with E-state index in [0.29, 0.717) is 6.04 Å². The van der Waals surface area contributed by atoms with Gasteiger partial charge in [-0.2, -0.15) is 0 Å². The van der Waals surface area contributed by atoms with Crippen LogP contribution < -0.4 is 14.8 Å². The summed E-state index contributed by atoms with van der Waals surface area (Å²) in [4.78, 5) is 0. The second kappa shape index (κ2) is 8.05. The molecule has 3 heteroatoms. The van der Waals surface area contributed by atoms with E-state index in [9.17, 15) is 0 Å². The summed E-state index contributed by atoms with van der Waals surface area (Å²) in [6, 6.07) is 6.49.